The lowest BCUT2D eigenvalue weighted by molar-refractivity contribution is 0.365. The van der Waals surface area contributed by atoms with Crippen molar-refractivity contribution in [2.75, 3.05) is 13.6 Å². The molecule has 1 N–H and O–H groups in total. The Morgan fingerprint density at radius 3 is 3.07 bits per heavy atom. The molecular formula is C13H16N2. The van der Waals surface area contributed by atoms with E-state index in [0.717, 1.165) is 13.1 Å². The van der Waals surface area contributed by atoms with Crippen molar-refractivity contribution in [1.29, 1.82) is 0 Å². The molecule has 0 amide bonds. The van der Waals surface area contributed by atoms with Crippen molar-refractivity contribution in [3.8, 4) is 0 Å². The number of H-pyrrole nitrogens is 1. The molecular weight excluding hydrogens is 184 g/mol. The number of aromatic amines is 1. The predicted octanol–water partition coefficient (Wildman–Crippen LogP) is 2.79. The summed E-state index contributed by atoms with van der Waals surface area (Å²) in [5.74, 6) is 0. The average molecular weight is 200 g/mol. The second-order valence-corrected chi connectivity index (χ2v) is 3.84. The summed E-state index contributed by atoms with van der Waals surface area (Å²) in [5, 5.41) is 1.28. The first-order chi connectivity index (χ1) is 7.31. The van der Waals surface area contributed by atoms with Crippen LogP contribution in [0.3, 0.4) is 0 Å². The minimum atomic E-state index is 0.914. The van der Waals surface area contributed by atoms with E-state index in [9.17, 15) is 0 Å². The van der Waals surface area contributed by atoms with Gasteiger partial charge in [-0.15, -0.1) is 6.58 Å². The van der Waals surface area contributed by atoms with Crippen molar-refractivity contribution in [2.45, 2.75) is 6.54 Å². The molecule has 0 bridgehead atoms. The zero-order valence-corrected chi connectivity index (χ0v) is 9.03. The van der Waals surface area contributed by atoms with Gasteiger partial charge in [0.1, 0.15) is 0 Å². The highest BCUT2D eigenvalue weighted by Crippen LogP contribution is 2.17. The minimum Gasteiger partial charge on any atom is -0.361 e. The number of hydrogen-bond donors (Lipinski definition) is 1. The smallest absolute Gasteiger partial charge is 0.0499 e. The summed E-state index contributed by atoms with van der Waals surface area (Å²) in [5.41, 5.74) is 2.58. The van der Waals surface area contributed by atoms with E-state index in [1.165, 1.54) is 16.5 Å². The fourth-order valence-electron chi connectivity index (χ4n) is 1.86. The third-order valence-corrected chi connectivity index (χ3v) is 2.55. The molecule has 0 aliphatic rings. The fourth-order valence-corrected chi connectivity index (χ4v) is 1.86. The molecule has 2 rings (SSSR count). The highest BCUT2D eigenvalue weighted by atomic mass is 15.1. The second-order valence-electron chi connectivity index (χ2n) is 3.84. The lowest BCUT2D eigenvalue weighted by Crippen LogP contribution is -2.17. The van der Waals surface area contributed by atoms with E-state index in [-0.39, 0.29) is 0 Å². The molecule has 0 spiro atoms. The van der Waals surface area contributed by atoms with Crippen molar-refractivity contribution in [1.82, 2.24) is 9.88 Å². The number of likely N-dealkylation sites (N-methyl/N-ethyl adjacent to an activating group) is 1. The summed E-state index contributed by atoms with van der Waals surface area (Å²) in [6, 6.07) is 8.50. The number of aromatic nitrogens is 1. The second kappa shape index (κ2) is 4.32. The first-order valence-corrected chi connectivity index (χ1v) is 5.15. The van der Waals surface area contributed by atoms with Gasteiger partial charge >= 0.3 is 0 Å². The zero-order chi connectivity index (χ0) is 10.7. The largest absolute Gasteiger partial charge is 0.361 e. The first kappa shape index (κ1) is 9.99. The number of benzene rings is 1. The van der Waals surface area contributed by atoms with Crippen LogP contribution < -0.4 is 0 Å². The van der Waals surface area contributed by atoms with Crippen LogP contribution in [0.5, 0.6) is 0 Å². The van der Waals surface area contributed by atoms with Crippen molar-refractivity contribution >= 4 is 10.9 Å². The van der Waals surface area contributed by atoms with E-state index in [2.05, 4.69) is 47.8 Å². The molecule has 15 heavy (non-hydrogen) atoms. The zero-order valence-electron chi connectivity index (χ0n) is 9.03. The minimum absolute atomic E-state index is 0.914. The van der Waals surface area contributed by atoms with Crippen LogP contribution in [0.1, 0.15) is 5.56 Å². The quantitative estimate of drug-likeness (QED) is 0.752. The Hall–Kier alpha value is -1.54. The fraction of sp³-hybridized carbons (Fsp3) is 0.231. The van der Waals surface area contributed by atoms with Gasteiger partial charge in [-0.25, -0.2) is 0 Å². The SMILES string of the molecule is C=CCN(C)Cc1cccc2cc[nH]c12. The van der Waals surface area contributed by atoms with Crippen LogP contribution in [0.4, 0.5) is 0 Å². The van der Waals surface area contributed by atoms with Gasteiger partial charge in [-0.05, 0) is 24.1 Å². The molecule has 1 aromatic heterocycles. The van der Waals surface area contributed by atoms with Crippen LogP contribution in [0, 0.1) is 0 Å². The van der Waals surface area contributed by atoms with E-state index in [0.29, 0.717) is 0 Å². The molecule has 2 aromatic rings. The number of nitrogens with zero attached hydrogens (tertiary/aromatic N) is 1. The number of rotatable bonds is 4. The molecule has 0 fully saturated rings. The molecule has 1 heterocycles. The van der Waals surface area contributed by atoms with Crippen LogP contribution in [-0.2, 0) is 6.54 Å². The summed E-state index contributed by atoms with van der Waals surface area (Å²) in [4.78, 5) is 5.52. The normalized spacial score (nSPS) is 11.1. The van der Waals surface area contributed by atoms with Gasteiger partial charge in [-0.1, -0.05) is 24.3 Å². The molecule has 0 atom stereocenters. The Kier molecular flexibility index (Phi) is 2.88. The van der Waals surface area contributed by atoms with Gasteiger partial charge in [0, 0.05) is 24.8 Å². The summed E-state index contributed by atoms with van der Waals surface area (Å²) >= 11 is 0. The maximum atomic E-state index is 3.75. The van der Waals surface area contributed by atoms with Gasteiger partial charge in [0.15, 0.2) is 0 Å². The topological polar surface area (TPSA) is 19.0 Å². The van der Waals surface area contributed by atoms with Gasteiger partial charge < -0.3 is 4.98 Å². The summed E-state index contributed by atoms with van der Waals surface area (Å²) in [6.07, 6.45) is 3.91. The summed E-state index contributed by atoms with van der Waals surface area (Å²) in [7, 11) is 2.10. The summed E-state index contributed by atoms with van der Waals surface area (Å²) < 4.78 is 0. The Morgan fingerprint density at radius 1 is 1.40 bits per heavy atom. The van der Waals surface area contributed by atoms with Crippen molar-refractivity contribution in [3.05, 3.63) is 48.7 Å². The van der Waals surface area contributed by atoms with Crippen LogP contribution in [0.2, 0.25) is 0 Å². The maximum absolute atomic E-state index is 3.75. The average Bonchev–Trinajstić information content (AvgIpc) is 2.67. The Balaban J connectivity index is 2.27. The van der Waals surface area contributed by atoms with E-state index in [1.54, 1.807) is 0 Å². The van der Waals surface area contributed by atoms with Gasteiger partial charge in [0.2, 0.25) is 0 Å². The van der Waals surface area contributed by atoms with Crippen molar-refractivity contribution in [3.63, 3.8) is 0 Å². The summed E-state index contributed by atoms with van der Waals surface area (Å²) in [6.45, 7) is 5.61. The van der Waals surface area contributed by atoms with Crippen LogP contribution >= 0.6 is 0 Å². The highest BCUT2D eigenvalue weighted by molar-refractivity contribution is 5.82. The Labute approximate surface area is 90.2 Å². The third kappa shape index (κ3) is 2.10. The van der Waals surface area contributed by atoms with Crippen LogP contribution in [0.25, 0.3) is 10.9 Å². The van der Waals surface area contributed by atoms with Gasteiger partial charge in [0.25, 0.3) is 0 Å². The number of nitrogens with one attached hydrogen (secondary N) is 1. The van der Waals surface area contributed by atoms with Crippen molar-refractivity contribution in [2.24, 2.45) is 0 Å². The van der Waals surface area contributed by atoms with Gasteiger partial charge in [-0.3, -0.25) is 4.90 Å². The van der Waals surface area contributed by atoms with Gasteiger partial charge in [-0.2, -0.15) is 0 Å². The van der Waals surface area contributed by atoms with E-state index in [1.807, 2.05) is 12.3 Å². The highest BCUT2D eigenvalue weighted by Gasteiger charge is 2.03. The van der Waals surface area contributed by atoms with Gasteiger partial charge in [0.05, 0.1) is 0 Å². The molecule has 78 valence electrons. The standard InChI is InChI=1S/C13H16N2/c1-3-9-15(2)10-12-6-4-5-11-7-8-14-13(11)12/h3-8,14H,1,9-10H2,2H3. The Morgan fingerprint density at radius 2 is 2.27 bits per heavy atom. The predicted molar refractivity (Wildman–Crippen MR) is 64.8 cm³/mol. The molecule has 1 aromatic carbocycles. The molecule has 0 radical (unpaired) electrons. The first-order valence-electron chi connectivity index (χ1n) is 5.15. The number of fused-ring (bicyclic) bond motifs is 1. The van der Waals surface area contributed by atoms with E-state index >= 15 is 0 Å². The number of hydrogen-bond acceptors (Lipinski definition) is 1. The Bertz CT molecular complexity index is 456. The van der Waals surface area contributed by atoms with Crippen LogP contribution in [-0.4, -0.2) is 23.5 Å². The van der Waals surface area contributed by atoms with Crippen molar-refractivity contribution < 1.29 is 0 Å². The molecule has 0 unspecified atom stereocenters. The molecule has 2 heteroatoms. The lowest BCUT2D eigenvalue weighted by Gasteiger charge is -2.14. The molecule has 2 nitrogen and oxygen atoms in total. The van der Waals surface area contributed by atoms with E-state index < -0.39 is 0 Å². The molecule has 0 aliphatic heterocycles. The molecule has 0 saturated heterocycles. The molecule has 0 saturated carbocycles. The monoisotopic (exact) mass is 200 g/mol. The number of para-hydroxylation sites is 1. The lowest BCUT2D eigenvalue weighted by atomic mass is 10.1. The van der Waals surface area contributed by atoms with Crippen LogP contribution in [0.15, 0.2) is 43.1 Å². The maximum Gasteiger partial charge on any atom is 0.0499 e. The van der Waals surface area contributed by atoms with E-state index in [4.69, 9.17) is 0 Å². The third-order valence-electron chi connectivity index (χ3n) is 2.55. The molecule has 0 aliphatic carbocycles.